The summed E-state index contributed by atoms with van der Waals surface area (Å²) in [5, 5.41) is 13.5. The normalized spacial score (nSPS) is 16.9. The molecule has 3 aromatic carbocycles. The van der Waals surface area contributed by atoms with E-state index in [9.17, 15) is 31.1 Å². The molecule has 12 heteroatoms. The second kappa shape index (κ2) is 11.4. The molecule has 1 fully saturated rings. The number of carboxylic acids is 1. The Bertz CT molecular complexity index is 1320. The minimum Gasteiger partial charge on any atom is -0.475 e. The third-order valence-electron chi connectivity index (χ3n) is 5.63. The Labute approximate surface area is 212 Å². The third kappa shape index (κ3) is 7.34. The molecular formula is C26H21F6N3O3. The van der Waals surface area contributed by atoms with Crippen molar-refractivity contribution in [3.63, 3.8) is 0 Å². The maximum Gasteiger partial charge on any atom is 0.490 e. The number of nitrogens with zero attached hydrogens (tertiary/aromatic N) is 1. The summed E-state index contributed by atoms with van der Waals surface area (Å²) >= 11 is 0. The molecule has 0 aliphatic heterocycles. The number of aliphatic carboxylic acids is 1. The number of nitrogens with two attached hydrogens (primary N) is 1. The molecule has 1 amide bonds. The summed E-state index contributed by atoms with van der Waals surface area (Å²) in [7, 11) is 0. The topological polar surface area (TPSA) is 105 Å². The molecule has 0 unspecified atom stereocenters. The molecular weight excluding hydrogens is 516 g/mol. The van der Waals surface area contributed by atoms with E-state index < -0.39 is 23.9 Å². The van der Waals surface area contributed by atoms with E-state index in [-0.39, 0.29) is 23.3 Å². The summed E-state index contributed by atoms with van der Waals surface area (Å²) < 4.78 is 71.5. The molecule has 6 nitrogen and oxygen atoms in total. The first-order valence-corrected chi connectivity index (χ1v) is 11.0. The van der Waals surface area contributed by atoms with Crippen LogP contribution in [0.5, 0.6) is 0 Å². The van der Waals surface area contributed by atoms with E-state index in [1.54, 1.807) is 36.5 Å². The molecule has 4 N–H and O–H groups in total. The van der Waals surface area contributed by atoms with Gasteiger partial charge in [-0.3, -0.25) is 4.79 Å². The molecule has 0 bridgehead atoms. The van der Waals surface area contributed by atoms with Gasteiger partial charge in [-0.05, 0) is 58.9 Å². The van der Waals surface area contributed by atoms with E-state index in [4.69, 9.17) is 15.7 Å². The summed E-state index contributed by atoms with van der Waals surface area (Å²) in [6, 6.07) is 19.6. The highest BCUT2D eigenvalue weighted by Gasteiger charge is 2.44. The largest absolute Gasteiger partial charge is 0.490 e. The van der Waals surface area contributed by atoms with E-state index in [0.717, 1.165) is 23.6 Å². The fourth-order valence-corrected chi connectivity index (χ4v) is 3.76. The number of benzene rings is 3. The quantitative estimate of drug-likeness (QED) is 0.160. The van der Waals surface area contributed by atoms with Crippen LogP contribution in [0, 0.1) is 5.92 Å². The van der Waals surface area contributed by atoms with Gasteiger partial charge in [-0.2, -0.15) is 31.4 Å². The van der Waals surface area contributed by atoms with Crippen molar-refractivity contribution in [2.24, 2.45) is 16.9 Å². The minimum absolute atomic E-state index is 0.105. The minimum atomic E-state index is -5.08. The predicted molar refractivity (Wildman–Crippen MR) is 128 cm³/mol. The zero-order chi connectivity index (χ0) is 28.1. The third-order valence-corrected chi connectivity index (χ3v) is 5.63. The molecule has 1 aliphatic carbocycles. The number of amides is 1. The van der Waals surface area contributed by atoms with E-state index >= 15 is 0 Å². The van der Waals surface area contributed by atoms with E-state index in [1.165, 1.54) is 12.1 Å². The van der Waals surface area contributed by atoms with Crippen LogP contribution in [0.1, 0.15) is 29.0 Å². The van der Waals surface area contributed by atoms with Crippen LogP contribution in [0.25, 0.3) is 11.1 Å². The van der Waals surface area contributed by atoms with Crippen LogP contribution in [-0.4, -0.2) is 29.4 Å². The van der Waals surface area contributed by atoms with Crippen LogP contribution in [-0.2, 0) is 15.8 Å². The highest BCUT2D eigenvalue weighted by Crippen LogP contribution is 2.48. The predicted octanol–water partition coefficient (Wildman–Crippen LogP) is 6.04. The number of alkyl halides is 6. The molecule has 0 saturated heterocycles. The Kier molecular flexibility index (Phi) is 8.44. The number of hydrazone groups is 1. The van der Waals surface area contributed by atoms with Gasteiger partial charge in [-0.1, -0.05) is 48.5 Å². The molecule has 0 spiro atoms. The fraction of sp³-hybridized carbons (Fsp3) is 0.192. The molecule has 3 aromatic rings. The number of hydrogen-bond donors (Lipinski definition) is 3. The number of carboxylic acid groups (broad SMARTS) is 1. The molecule has 38 heavy (non-hydrogen) atoms. The van der Waals surface area contributed by atoms with Crippen molar-refractivity contribution in [2.45, 2.75) is 24.7 Å². The zero-order valence-electron chi connectivity index (χ0n) is 19.4. The van der Waals surface area contributed by atoms with Gasteiger partial charge in [0.2, 0.25) is 5.91 Å². The lowest BCUT2D eigenvalue weighted by Gasteiger charge is -2.13. The fourth-order valence-electron chi connectivity index (χ4n) is 3.76. The van der Waals surface area contributed by atoms with Gasteiger partial charge >= 0.3 is 18.3 Å². The van der Waals surface area contributed by atoms with Gasteiger partial charge in [-0.15, -0.1) is 0 Å². The van der Waals surface area contributed by atoms with Gasteiger partial charge in [-0.25, -0.2) is 4.79 Å². The van der Waals surface area contributed by atoms with Crippen LogP contribution in [0.2, 0.25) is 0 Å². The highest BCUT2D eigenvalue weighted by molar-refractivity contribution is 5.95. The van der Waals surface area contributed by atoms with Gasteiger partial charge in [0.05, 0.1) is 11.8 Å². The molecule has 1 saturated carbocycles. The number of carbonyl (C=O) groups excluding carboxylic acids is 1. The van der Waals surface area contributed by atoms with Crippen LogP contribution >= 0.6 is 0 Å². The van der Waals surface area contributed by atoms with Crippen LogP contribution in [0.3, 0.4) is 0 Å². The van der Waals surface area contributed by atoms with Crippen molar-refractivity contribution in [1.82, 2.24) is 0 Å². The summed E-state index contributed by atoms with van der Waals surface area (Å²) in [5.41, 5.74) is 2.34. The monoisotopic (exact) mass is 537 g/mol. The molecule has 0 radical (unpaired) electrons. The van der Waals surface area contributed by atoms with Crippen molar-refractivity contribution in [3.05, 3.63) is 89.5 Å². The average molecular weight is 537 g/mol. The molecule has 0 aromatic heterocycles. The van der Waals surface area contributed by atoms with E-state index in [0.29, 0.717) is 11.3 Å². The molecule has 0 heterocycles. The number of nitrogens with one attached hydrogen (secondary N) is 1. The lowest BCUT2D eigenvalue weighted by Crippen LogP contribution is -2.21. The van der Waals surface area contributed by atoms with Gasteiger partial charge in [0.1, 0.15) is 0 Å². The Morgan fingerprint density at radius 2 is 1.58 bits per heavy atom. The number of halogens is 6. The van der Waals surface area contributed by atoms with Crippen molar-refractivity contribution in [3.8, 4) is 11.1 Å². The lowest BCUT2D eigenvalue weighted by molar-refractivity contribution is -0.192. The standard InChI is InChI=1S/C24H20F3N3O.C2HF3O2/c25-24(26,27)22-7-2-1-6-19(22)16-8-10-18(11-9-16)30-23(31)21-13-20(21)17-5-3-4-15(12-17)14-29-28;3-2(4,5)1(6)7/h1-12,14,20-21H,13,28H2,(H,30,31);(H,6,7)/t20-,21-;/m1./s1. The van der Waals surface area contributed by atoms with Gasteiger partial charge in [0.25, 0.3) is 0 Å². The number of hydrogen-bond acceptors (Lipinski definition) is 4. The first-order chi connectivity index (χ1) is 17.8. The zero-order valence-corrected chi connectivity index (χ0v) is 19.4. The maximum absolute atomic E-state index is 13.3. The van der Waals surface area contributed by atoms with Crippen LogP contribution < -0.4 is 11.2 Å². The molecule has 200 valence electrons. The first-order valence-electron chi connectivity index (χ1n) is 11.0. The maximum atomic E-state index is 13.3. The Balaban J connectivity index is 0.000000505. The summed E-state index contributed by atoms with van der Waals surface area (Å²) in [5.74, 6) is 2.31. The van der Waals surface area contributed by atoms with Gasteiger partial charge in [0, 0.05) is 11.6 Å². The van der Waals surface area contributed by atoms with Gasteiger partial charge < -0.3 is 16.3 Å². The second-order valence-electron chi connectivity index (χ2n) is 8.31. The Morgan fingerprint density at radius 1 is 0.947 bits per heavy atom. The number of anilines is 1. The molecule has 2 atom stereocenters. The van der Waals surface area contributed by atoms with E-state index in [2.05, 4.69) is 10.4 Å². The second-order valence-corrected chi connectivity index (χ2v) is 8.31. The summed E-state index contributed by atoms with van der Waals surface area (Å²) in [6.45, 7) is 0. The number of rotatable bonds is 5. The van der Waals surface area contributed by atoms with Crippen molar-refractivity contribution >= 4 is 23.8 Å². The average Bonchev–Trinajstić information content (AvgIpc) is 3.66. The Hall–Kier alpha value is -4.35. The van der Waals surface area contributed by atoms with Crippen LogP contribution in [0.15, 0.2) is 77.9 Å². The SMILES string of the molecule is NN=Cc1cccc([C@H]2C[C@H]2C(=O)Nc2ccc(-c3ccccc3C(F)(F)F)cc2)c1.O=C(O)C(F)(F)F. The van der Waals surface area contributed by atoms with Crippen molar-refractivity contribution in [1.29, 1.82) is 0 Å². The van der Waals surface area contributed by atoms with Crippen molar-refractivity contribution in [2.75, 3.05) is 5.32 Å². The van der Waals surface area contributed by atoms with Gasteiger partial charge in [0.15, 0.2) is 0 Å². The Morgan fingerprint density at radius 3 is 2.16 bits per heavy atom. The van der Waals surface area contributed by atoms with Crippen molar-refractivity contribution < 1.29 is 41.0 Å². The number of carbonyl (C=O) groups is 2. The lowest BCUT2D eigenvalue weighted by atomic mass is 9.99. The highest BCUT2D eigenvalue weighted by atomic mass is 19.4. The summed E-state index contributed by atoms with van der Waals surface area (Å²) in [4.78, 5) is 21.5. The molecule has 4 rings (SSSR count). The van der Waals surface area contributed by atoms with E-state index in [1.807, 2.05) is 24.3 Å². The first kappa shape index (κ1) is 28.2. The van der Waals surface area contributed by atoms with Crippen LogP contribution in [0.4, 0.5) is 32.0 Å². The molecule has 1 aliphatic rings. The summed E-state index contributed by atoms with van der Waals surface area (Å²) in [6.07, 6.45) is -7.22. The smallest absolute Gasteiger partial charge is 0.475 e.